The second-order valence-corrected chi connectivity index (χ2v) is 5.36. The predicted octanol–water partition coefficient (Wildman–Crippen LogP) is 1.30. The van der Waals surface area contributed by atoms with Crippen LogP contribution in [0.25, 0.3) is 0 Å². The maximum Gasteiger partial charge on any atom is 0.0403 e. The molecule has 0 saturated carbocycles. The average Bonchev–Trinajstić information content (AvgIpc) is 2.39. The van der Waals surface area contributed by atoms with Crippen molar-refractivity contribution >= 4 is 18.5 Å². The summed E-state index contributed by atoms with van der Waals surface area (Å²) in [6.07, 6.45) is 1.12. The van der Waals surface area contributed by atoms with Crippen molar-refractivity contribution in [2.45, 2.75) is 13.0 Å². The molecule has 0 amide bonds. The van der Waals surface area contributed by atoms with Gasteiger partial charge in [0.2, 0.25) is 0 Å². The van der Waals surface area contributed by atoms with E-state index in [1.165, 1.54) is 11.3 Å². The van der Waals surface area contributed by atoms with Gasteiger partial charge in [0.1, 0.15) is 0 Å². The first-order chi connectivity index (χ1) is 8.34. The molecule has 17 heavy (non-hydrogen) atoms. The van der Waals surface area contributed by atoms with Gasteiger partial charge in [-0.15, -0.1) is 0 Å². The number of benzene rings is 1. The van der Waals surface area contributed by atoms with Gasteiger partial charge in [-0.25, -0.2) is 4.31 Å². The monoisotopic (exact) mass is 249 g/mol. The van der Waals surface area contributed by atoms with Crippen molar-refractivity contribution in [2.24, 2.45) is 0 Å². The first-order valence-electron chi connectivity index (χ1n) is 6.35. The molecule has 0 spiro atoms. The van der Waals surface area contributed by atoms with Gasteiger partial charge in [-0.1, -0.05) is 24.9 Å². The van der Waals surface area contributed by atoms with Crippen LogP contribution in [0.1, 0.15) is 11.1 Å². The minimum Gasteiger partial charge on any atom is -0.369 e. The Morgan fingerprint density at radius 1 is 1.12 bits per heavy atom. The molecular formula is C13H19N3S. The minimum absolute atomic E-state index is 0.971. The Morgan fingerprint density at radius 3 is 2.76 bits per heavy atom. The summed E-state index contributed by atoms with van der Waals surface area (Å²) < 4.78 is 2.10. The second kappa shape index (κ2) is 4.88. The van der Waals surface area contributed by atoms with Gasteiger partial charge in [0.15, 0.2) is 0 Å². The van der Waals surface area contributed by atoms with E-state index in [0.29, 0.717) is 0 Å². The molecule has 0 atom stereocenters. The lowest BCUT2D eigenvalue weighted by Gasteiger charge is -2.34. The molecule has 0 bridgehead atoms. The van der Waals surface area contributed by atoms with Gasteiger partial charge in [-0.3, -0.25) is 0 Å². The third-order valence-corrected chi connectivity index (χ3v) is 4.02. The summed E-state index contributed by atoms with van der Waals surface area (Å²) in [5, 5.41) is 3.41. The van der Waals surface area contributed by atoms with Crippen LogP contribution in [-0.4, -0.2) is 37.0 Å². The number of anilines is 1. The number of fused-ring (bicyclic) bond motifs is 1. The van der Waals surface area contributed by atoms with Gasteiger partial charge in [0, 0.05) is 45.0 Å². The van der Waals surface area contributed by atoms with Crippen molar-refractivity contribution < 1.29 is 0 Å². The lowest BCUT2D eigenvalue weighted by atomic mass is 9.98. The number of nitrogens with one attached hydrogen (secondary N) is 1. The molecule has 1 aromatic carbocycles. The molecular weight excluding hydrogens is 230 g/mol. The van der Waals surface area contributed by atoms with Crippen molar-refractivity contribution in [3.8, 4) is 0 Å². The van der Waals surface area contributed by atoms with E-state index in [0.717, 1.165) is 45.7 Å². The van der Waals surface area contributed by atoms with E-state index in [1.807, 2.05) is 0 Å². The van der Waals surface area contributed by atoms with Gasteiger partial charge < -0.3 is 10.2 Å². The average molecular weight is 249 g/mol. The number of thiol groups is 1. The smallest absolute Gasteiger partial charge is 0.0403 e. The lowest BCUT2D eigenvalue weighted by Crippen LogP contribution is -2.44. The molecule has 0 unspecified atom stereocenters. The Kier molecular flexibility index (Phi) is 3.27. The largest absolute Gasteiger partial charge is 0.369 e. The predicted molar refractivity (Wildman–Crippen MR) is 74.6 cm³/mol. The molecule has 2 heterocycles. The molecule has 0 aliphatic carbocycles. The van der Waals surface area contributed by atoms with E-state index in [4.69, 9.17) is 0 Å². The van der Waals surface area contributed by atoms with Gasteiger partial charge in [0.05, 0.1) is 0 Å². The fourth-order valence-electron chi connectivity index (χ4n) is 2.78. The van der Waals surface area contributed by atoms with E-state index in [9.17, 15) is 0 Å². The summed E-state index contributed by atoms with van der Waals surface area (Å²) in [4.78, 5) is 2.52. The SMILES string of the molecule is SN1CCc2c(cccc2N2CCNCC2)C1. The standard InChI is InChI=1S/C13H19N3S/c17-16-7-4-12-11(10-16)2-1-3-13(12)15-8-5-14-6-9-15/h1-3,14,17H,4-10H2. The number of hydrogen-bond acceptors (Lipinski definition) is 4. The highest BCUT2D eigenvalue weighted by molar-refractivity contribution is 7.77. The third kappa shape index (κ3) is 2.30. The molecule has 1 fully saturated rings. The van der Waals surface area contributed by atoms with Crippen molar-refractivity contribution in [1.29, 1.82) is 0 Å². The molecule has 3 rings (SSSR count). The number of nitrogens with zero attached hydrogens (tertiary/aromatic N) is 2. The Bertz CT molecular complexity index is 402. The van der Waals surface area contributed by atoms with Crippen molar-refractivity contribution in [3.05, 3.63) is 29.3 Å². The summed E-state index contributed by atoms with van der Waals surface area (Å²) in [6, 6.07) is 6.70. The molecule has 3 nitrogen and oxygen atoms in total. The van der Waals surface area contributed by atoms with Crippen LogP contribution in [0.2, 0.25) is 0 Å². The zero-order valence-electron chi connectivity index (χ0n) is 10.0. The van der Waals surface area contributed by atoms with E-state index < -0.39 is 0 Å². The molecule has 4 heteroatoms. The summed E-state index contributed by atoms with van der Waals surface area (Å²) in [5.74, 6) is 0. The third-order valence-electron chi connectivity index (χ3n) is 3.68. The Hall–Kier alpha value is -0.710. The minimum atomic E-state index is 0.971. The molecule has 0 radical (unpaired) electrons. The van der Waals surface area contributed by atoms with Gasteiger partial charge in [-0.2, -0.15) is 0 Å². The molecule has 0 aromatic heterocycles. The number of hydrogen-bond donors (Lipinski definition) is 2. The first kappa shape index (κ1) is 11.4. The van der Waals surface area contributed by atoms with Gasteiger partial charge >= 0.3 is 0 Å². The maximum absolute atomic E-state index is 4.46. The fraction of sp³-hybridized carbons (Fsp3) is 0.538. The number of piperazine rings is 1. The van der Waals surface area contributed by atoms with Crippen LogP contribution < -0.4 is 10.2 Å². The topological polar surface area (TPSA) is 18.5 Å². The van der Waals surface area contributed by atoms with Crippen LogP contribution in [0.3, 0.4) is 0 Å². The van der Waals surface area contributed by atoms with E-state index in [-0.39, 0.29) is 0 Å². The number of rotatable bonds is 1. The van der Waals surface area contributed by atoms with Crippen molar-refractivity contribution in [2.75, 3.05) is 37.6 Å². The quantitative estimate of drug-likeness (QED) is 0.732. The molecule has 2 aliphatic heterocycles. The molecule has 1 saturated heterocycles. The fourth-order valence-corrected chi connectivity index (χ4v) is 3.03. The molecule has 2 aliphatic rings. The molecule has 92 valence electrons. The Labute approximate surface area is 108 Å². The summed E-state index contributed by atoms with van der Waals surface area (Å²) in [7, 11) is 0. The van der Waals surface area contributed by atoms with Crippen LogP contribution in [-0.2, 0) is 13.0 Å². The summed E-state index contributed by atoms with van der Waals surface area (Å²) in [5.41, 5.74) is 4.44. The Balaban J connectivity index is 1.91. The van der Waals surface area contributed by atoms with Crippen LogP contribution in [0.5, 0.6) is 0 Å². The summed E-state index contributed by atoms with van der Waals surface area (Å²) >= 11 is 4.46. The normalized spacial score (nSPS) is 21.4. The zero-order valence-corrected chi connectivity index (χ0v) is 10.9. The Morgan fingerprint density at radius 2 is 1.94 bits per heavy atom. The maximum atomic E-state index is 4.46. The van der Waals surface area contributed by atoms with Crippen LogP contribution in [0.4, 0.5) is 5.69 Å². The van der Waals surface area contributed by atoms with E-state index >= 15 is 0 Å². The van der Waals surface area contributed by atoms with E-state index in [2.05, 4.69) is 45.5 Å². The van der Waals surface area contributed by atoms with Gasteiger partial charge in [-0.05, 0) is 23.6 Å². The van der Waals surface area contributed by atoms with Crippen LogP contribution >= 0.6 is 12.8 Å². The van der Waals surface area contributed by atoms with Gasteiger partial charge in [0.25, 0.3) is 0 Å². The lowest BCUT2D eigenvalue weighted by molar-refractivity contribution is 0.449. The zero-order chi connectivity index (χ0) is 11.7. The van der Waals surface area contributed by atoms with Crippen LogP contribution in [0, 0.1) is 0 Å². The van der Waals surface area contributed by atoms with Crippen molar-refractivity contribution in [1.82, 2.24) is 9.62 Å². The van der Waals surface area contributed by atoms with Crippen LogP contribution in [0.15, 0.2) is 18.2 Å². The highest BCUT2D eigenvalue weighted by Gasteiger charge is 2.20. The molecule has 1 aromatic rings. The highest BCUT2D eigenvalue weighted by atomic mass is 32.1. The second-order valence-electron chi connectivity index (χ2n) is 4.79. The summed E-state index contributed by atoms with van der Waals surface area (Å²) in [6.45, 7) is 6.48. The first-order valence-corrected chi connectivity index (χ1v) is 6.75. The molecule has 1 N–H and O–H groups in total. The van der Waals surface area contributed by atoms with E-state index in [1.54, 1.807) is 5.56 Å². The highest BCUT2D eigenvalue weighted by Crippen LogP contribution is 2.29. The van der Waals surface area contributed by atoms with Crippen molar-refractivity contribution in [3.63, 3.8) is 0 Å².